The molecule has 4 nitrogen and oxygen atoms in total. The number of anilines is 1. The van der Waals surface area contributed by atoms with Gasteiger partial charge in [0.25, 0.3) is 0 Å². The lowest BCUT2D eigenvalue weighted by Crippen LogP contribution is -2.30. The molecule has 1 aromatic rings. The van der Waals surface area contributed by atoms with E-state index in [2.05, 4.69) is 13.8 Å². The van der Waals surface area contributed by atoms with E-state index < -0.39 is 0 Å². The first-order valence-corrected chi connectivity index (χ1v) is 7.90. The Kier molecular flexibility index (Phi) is 5.86. The van der Waals surface area contributed by atoms with E-state index in [9.17, 15) is 4.79 Å². The molecule has 0 fully saturated rings. The quantitative estimate of drug-likeness (QED) is 0.739. The molecule has 1 heterocycles. The number of esters is 1. The normalized spacial score (nSPS) is 14.9. The van der Waals surface area contributed by atoms with E-state index in [1.807, 2.05) is 37.3 Å². The van der Waals surface area contributed by atoms with Crippen LogP contribution in [0.3, 0.4) is 0 Å². The summed E-state index contributed by atoms with van der Waals surface area (Å²) in [6.45, 7) is 6.56. The van der Waals surface area contributed by atoms with Gasteiger partial charge < -0.3 is 4.74 Å². The summed E-state index contributed by atoms with van der Waals surface area (Å²) in [5.74, 6) is 0.135. The Morgan fingerprint density at radius 1 is 1.36 bits per heavy atom. The van der Waals surface area contributed by atoms with Crippen molar-refractivity contribution in [2.24, 2.45) is 5.92 Å². The van der Waals surface area contributed by atoms with Crippen LogP contribution in [0.15, 0.2) is 24.3 Å². The van der Waals surface area contributed by atoms with Crippen molar-refractivity contribution in [1.29, 1.82) is 0 Å². The minimum absolute atomic E-state index is 0.0981. The summed E-state index contributed by atoms with van der Waals surface area (Å²) in [6.07, 6.45) is 4.65. The summed E-state index contributed by atoms with van der Waals surface area (Å²) in [5, 5.41) is 2.32. The average Bonchev–Trinajstić information content (AvgIpc) is 2.44. The van der Waals surface area contributed by atoms with E-state index in [0.29, 0.717) is 17.5 Å². The summed E-state index contributed by atoms with van der Waals surface area (Å²) >= 11 is 6.16. The maximum absolute atomic E-state index is 11.8. The van der Waals surface area contributed by atoms with Gasteiger partial charge in [0.05, 0.1) is 18.3 Å². The minimum atomic E-state index is -0.355. The Bertz CT molecular complexity index is 557. The van der Waals surface area contributed by atoms with E-state index in [1.54, 1.807) is 5.06 Å². The Balaban J connectivity index is 1.89. The van der Waals surface area contributed by atoms with Gasteiger partial charge in [0.2, 0.25) is 0 Å². The van der Waals surface area contributed by atoms with Gasteiger partial charge in [0.15, 0.2) is 6.61 Å². The molecule has 0 bridgehead atoms. The Morgan fingerprint density at radius 3 is 2.86 bits per heavy atom. The lowest BCUT2D eigenvalue weighted by Gasteiger charge is -2.27. The van der Waals surface area contributed by atoms with Crippen LogP contribution >= 0.6 is 11.6 Å². The summed E-state index contributed by atoms with van der Waals surface area (Å²) in [7, 11) is 0. The molecule has 0 radical (unpaired) electrons. The second kappa shape index (κ2) is 7.65. The number of rotatable bonds is 6. The first-order valence-electron chi connectivity index (χ1n) is 7.52. The molecule has 0 N–H and O–H groups in total. The molecule has 2 rings (SSSR count). The molecule has 120 valence electrons. The van der Waals surface area contributed by atoms with Gasteiger partial charge in [-0.25, -0.2) is 9.86 Å². The SMILES string of the molecule is CC(C)CC(C)OC(=O)CON1CC=Cc2c(Cl)cccc21. The van der Waals surface area contributed by atoms with E-state index in [1.165, 1.54) is 0 Å². The van der Waals surface area contributed by atoms with Crippen molar-refractivity contribution in [2.75, 3.05) is 18.2 Å². The lowest BCUT2D eigenvalue weighted by atomic mass is 10.1. The van der Waals surface area contributed by atoms with Gasteiger partial charge in [-0.3, -0.25) is 4.84 Å². The van der Waals surface area contributed by atoms with Crippen molar-refractivity contribution in [3.05, 3.63) is 34.9 Å². The highest BCUT2D eigenvalue weighted by Gasteiger charge is 2.18. The smallest absolute Gasteiger partial charge is 0.335 e. The van der Waals surface area contributed by atoms with Crippen molar-refractivity contribution in [3.8, 4) is 0 Å². The lowest BCUT2D eigenvalue weighted by molar-refractivity contribution is -0.154. The second-order valence-corrected chi connectivity index (χ2v) is 6.25. The number of nitrogens with zero attached hydrogens (tertiary/aromatic N) is 1. The molecule has 0 saturated heterocycles. The van der Waals surface area contributed by atoms with Crippen LogP contribution in [0, 0.1) is 5.92 Å². The zero-order chi connectivity index (χ0) is 16.1. The first-order chi connectivity index (χ1) is 10.5. The maximum Gasteiger partial charge on any atom is 0.335 e. The van der Waals surface area contributed by atoms with E-state index in [-0.39, 0.29) is 18.7 Å². The summed E-state index contributed by atoms with van der Waals surface area (Å²) in [5.41, 5.74) is 1.76. The minimum Gasteiger partial charge on any atom is -0.461 e. The van der Waals surface area contributed by atoms with Crippen LogP contribution in [0.25, 0.3) is 6.08 Å². The van der Waals surface area contributed by atoms with Gasteiger partial charge in [-0.15, -0.1) is 0 Å². The highest BCUT2D eigenvalue weighted by molar-refractivity contribution is 6.32. The van der Waals surface area contributed by atoms with Gasteiger partial charge in [-0.1, -0.05) is 43.7 Å². The number of fused-ring (bicyclic) bond motifs is 1. The zero-order valence-corrected chi connectivity index (χ0v) is 14.0. The first kappa shape index (κ1) is 16.8. The van der Waals surface area contributed by atoms with Crippen molar-refractivity contribution < 1.29 is 14.4 Å². The standard InChI is InChI=1S/C17H22ClNO3/c1-12(2)10-13(3)22-17(20)11-21-19-9-5-6-14-15(18)7-4-8-16(14)19/h4-8,12-13H,9-11H2,1-3H3. The van der Waals surface area contributed by atoms with E-state index >= 15 is 0 Å². The topological polar surface area (TPSA) is 38.8 Å². The number of halogens is 1. The van der Waals surface area contributed by atoms with E-state index in [0.717, 1.165) is 17.7 Å². The fourth-order valence-electron chi connectivity index (χ4n) is 2.50. The number of hydroxylamine groups is 1. The number of carbonyl (C=O) groups is 1. The number of benzene rings is 1. The number of ether oxygens (including phenoxy) is 1. The fourth-order valence-corrected chi connectivity index (χ4v) is 2.73. The fraction of sp³-hybridized carbons (Fsp3) is 0.471. The molecule has 0 aliphatic carbocycles. The van der Waals surface area contributed by atoms with Gasteiger partial charge >= 0.3 is 5.97 Å². The molecule has 1 aromatic carbocycles. The van der Waals surface area contributed by atoms with Crippen LogP contribution in [0.2, 0.25) is 5.02 Å². The molecule has 1 aliphatic heterocycles. The molecular formula is C17H22ClNO3. The Hall–Kier alpha value is -1.52. The van der Waals surface area contributed by atoms with Crippen LogP contribution in [0.4, 0.5) is 5.69 Å². The molecular weight excluding hydrogens is 302 g/mol. The molecule has 5 heteroatoms. The van der Waals surface area contributed by atoms with Crippen molar-refractivity contribution >= 4 is 29.3 Å². The molecule has 1 atom stereocenters. The molecule has 1 aliphatic rings. The van der Waals surface area contributed by atoms with Crippen LogP contribution in [0.5, 0.6) is 0 Å². The van der Waals surface area contributed by atoms with Crippen molar-refractivity contribution in [1.82, 2.24) is 0 Å². The van der Waals surface area contributed by atoms with Crippen molar-refractivity contribution in [2.45, 2.75) is 33.3 Å². The highest BCUT2D eigenvalue weighted by atomic mass is 35.5. The third-order valence-corrected chi connectivity index (χ3v) is 3.66. The third kappa shape index (κ3) is 4.49. The molecule has 0 spiro atoms. The molecule has 1 unspecified atom stereocenters. The number of carbonyl (C=O) groups excluding carboxylic acids is 1. The van der Waals surface area contributed by atoms with Crippen molar-refractivity contribution in [3.63, 3.8) is 0 Å². The Labute approximate surface area is 136 Å². The van der Waals surface area contributed by atoms with Gasteiger partial charge in [-0.05, 0) is 31.4 Å². The summed E-state index contributed by atoms with van der Waals surface area (Å²) in [6, 6.07) is 5.60. The largest absolute Gasteiger partial charge is 0.461 e. The molecule has 0 saturated carbocycles. The van der Waals surface area contributed by atoms with Crippen LogP contribution in [-0.2, 0) is 14.4 Å². The third-order valence-electron chi connectivity index (χ3n) is 3.33. The summed E-state index contributed by atoms with van der Waals surface area (Å²) < 4.78 is 5.33. The Morgan fingerprint density at radius 2 is 2.14 bits per heavy atom. The highest BCUT2D eigenvalue weighted by Crippen LogP contribution is 2.31. The zero-order valence-electron chi connectivity index (χ0n) is 13.2. The van der Waals surface area contributed by atoms with E-state index in [4.69, 9.17) is 21.2 Å². The monoisotopic (exact) mass is 323 g/mol. The summed E-state index contributed by atoms with van der Waals surface area (Å²) in [4.78, 5) is 17.4. The molecule has 0 aromatic heterocycles. The van der Waals surface area contributed by atoms with Crippen LogP contribution < -0.4 is 5.06 Å². The predicted molar refractivity (Wildman–Crippen MR) is 88.8 cm³/mol. The average molecular weight is 324 g/mol. The van der Waals surface area contributed by atoms with Gasteiger partial charge in [0, 0.05) is 10.6 Å². The van der Waals surface area contributed by atoms with Crippen LogP contribution in [-0.4, -0.2) is 25.2 Å². The second-order valence-electron chi connectivity index (χ2n) is 5.84. The maximum atomic E-state index is 11.8. The number of hydrogen-bond donors (Lipinski definition) is 0. The van der Waals surface area contributed by atoms with Gasteiger partial charge in [-0.2, -0.15) is 0 Å². The molecule has 22 heavy (non-hydrogen) atoms. The molecule has 0 amide bonds. The predicted octanol–water partition coefficient (Wildman–Crippen LogP) is 4.08. The van der Waals surface area contributed by atoms with Gasteiger partial charge in [0.1, 0.15) is 0 Å². The number of hydrogen-bond acceptors (Lipinski definition) is 4. The van der Waals surface area contributed by atoms with Crippen LogP contribution in [0.1, 0.15) is 32.8 Å².